The predicted octanol–water partition coefficient (Wildman–Crippen LogP) is 3.95. The van der Waals surface area contributed by atoms with Gasteiger partial charge in [-0.15, -0.1) is 0 Å². The highest BCUT2D eigenvalue weighted by molar-refractivity contribution is 5.44. The summed E-state index contributed by atoms with van der Waals surface area (Å²) in [5, 5.41) is 10.7. The molecule has 1 aliphatic heterocycles. The first-order valence-corrected chi connectivity index (χ1v) is 8.21. The molecule has 1 fully saturated rings. The molecular weight excluding hydrogens is 264 g/mol. The fourth-order valence-corrected chi connectivity index (χ4v) is 3.33. The van der Waals surface area contributed by atoms with E-state index in [2.05, 4.69) is 13.8 Å². The van der Waals surface area contributed by atoms with Gasteiger partial charge in [0.25, 0.3) is 0 Å². The molecule has 1 aromatic rings. The lowest BCUT2D eigenvalue weighted by atomic mass is 9.78. The first-order chi connectivity index (χ1) is 10.1. The number of aliphatic hydroxyl groups is 1. The monoisotopic (exact) mass is 290 g/mol. The van der Waals surface area contributed by atoms with Gasteiger partial charge in [0.1, 0.15) is 0 Å². The van der Waals surface area contributed by atoms with E-state index in [-0.39, 0.29) is 6.10 Å². The second-order valence-corrected chi connectivity index (χ2v) is 6.90. The van der Waals surface area contributed by atoms with E-state index in [1.54, 1.807) is 0 Å². The lowest BCUT2D eigenvalue weighted by Gasteiger charge is -2.30. The summed E-state index contributed by atoms with van der Waals surface area (Å²) in [6, 6.07) is 5.90. The van der Waals surface area contributed by atoms with Gasteiger partial charge in [-0.2, -0.15) is 0 Å². The highest BCUT2D eigenvalue weighted by Gasteiger charge is 2.27. The van der Waals surface area contributed by atoms with Gasteiger partial charge in [-0.25, -0.2) is 0 Å². The predicted molar refractivity (Wildman–Crippen MR) is 82.7 cm³/mol. The Hall–Kier alpha value is -1.22. The Kier molecular flexibility index (Phi) is 4.39. The number of hydrogen-bond donors (Lipinski definition) is 1. The zero-order valence-electron chi connectivity index (χ0n) is 13.0. The first kappa shape index (κ1) is 14.7. The van der Waals surface area contributed by atoms with Gasteiger partial charge in [0, 0.05) is 5.92 Å². The van der Waals surface area contributed by atoms with Crippen LogP contribution in [0.4, 0.5) is 0 Å². The zero-order valence-corrected chi connectivity index (χ0v) is 13.0. The van der Waals surface area contributed by atoms with Crippen LogP contribution < -0.4 is 9.47 Å². The number of hydrogen-bond acceptors (Lipinski definition) is 3. The summed E-state index contributed by atoms with van der Waals surface area (Å²) in [7, 11) is 0. The van der Waals surface area contributed by atoms with Gasteiger partial charge in [0.2, 0.25) is 0 Å². The van der Waals surface area contributed by atoms with E-state index in [1.807, 2.05) is 18.2 Å². The molecule has 3 heteroatoms. The highest BCUT2D eigenvalue weighted by atomic mass is 16.5. The van der Waals surface area contributed by atoms with Gasteiger partial charge in [0.15, 0.2) is 11.5 Å². The Morgan fingerprint density at radius 2 is 1.62 bits per heavy atom. The van der Waals surface area contributed by atoms with Crippen LogP contribution in [0.25, 0.3) is 0 Å². The van der Waals surface area contributed by atoms with Crippen molar-refractivity contribution in [1.29, 1.82) is 0 Å². The van der Waals surface area contributed by atoms with E-state index in [1.165, 1.54) is 12.8 Å². The average molecular weight is 290 g/mol. The molecule has 21 heavy (non-hydrogen) atoms. The number of benzene rings is 1. The molecule has 0 spiro atoms. The molecule has 3 rings (SSSR count). The van der Waals surface area contributed by atoms with E-state index in [0.29, 0.717) is 25.0 Å². The van der Waals surface area contributed by atoms with E-state index in [4.69, 9.17) is 9.47 Å². The lowest BCUT2D eigenvalue weighted by molar-refractivity contribution is 0.0753. The maximum Gasteiger partial charge on any atom is 0.161 e. The third-order valence-electron chi connectivity index (χ3n) is 4.86. The normalized spacial score (nSPS) is 30.5. The molecule has 0 amide bonds. The topological polar surface area (TPSA) is 38.7 Å². The van der Waals surface area contributed by atoms with Gasteiger partial charge in [-0.05, 0) is 42.4 Å². The Labute approximate surface area is 127 Å². The fourth-order valence-electron chi connectivity index (χ4n) is 3.33. The van der Waals surface area contributed by atoms with Gasteiger partial charge >= 0.3 is 0 Å². The minimum Gasteiger partial charge on any atom is -0.489 e. The number of rotatable bonds is 2. The van der Waals surface area contributed by atoms with Crippen molar-refractivity contribution in [1.82, 2.24) is 0 Å². The Morgan fingerprint density at radius 1 is 0.952 bits per heavy atom. The second-order valence-electron chi connectivity index (χ2n) is 6.90. The number of aliphatic hydroxyl groups excluding tert-OH is 1. The van der Waals surface area contributed by atoms with Crippen LogP contribution in [-0.4, -0.2) is 18.3 Å². The Morgan fingerprint density at radius 3 is 2.33 bits per heavy atom. The standard InChI is InChI=1S/C18H26O3/c1-12-3-5-14(6-4-12)18(19)15-7-8-16-17(9-15)21-11-13(2)10-20-16/h7-9,12-14,18-19H,3-6,10-11H2,1-2H3. The molecule has 0 saturated heterocycles. The molecule has 2 aliphatic rings. The smallest absolute Gasteiger partial charge is 0.161 e. The summed E-state index contributed by atoms with van der Waals surface area (Å²) in [6.07, 6.45) is 4.31. The molecular formula is C18H26O3. The van der Waals surface area contributed by atoms with Crippen molar-refractivity contribution in [2.24, 2.45) is 17.8 Å². The quantitative estimate of drug-likeness (QED) is 0.896. The van der Waals surface area contributed by atoms with Crippen LogP contribution in [0.1, 0.15) is 51.2 Å². The molecule has 2 atom stereocenters. The van der Waals surface area contributed by atoms with Crippen LogP contribution in [0.2, 0.25) is 0 Å². The summed E-state index contributed by atoms with van der Waals surface area (Å²) < 4.78 is 11.6. The molecule has 1 heterocycles. The maximum absolute atomic E-state index is 10.7. The molecule has 1 N–H and O–H groups in total. The third-order valence-corrected chi connectivity index (χ3v) is 4.86. The molecule has 2 unspecified atom stereocenters. The molecule has 0 aromatic heterocycles. The van der Waals surface area contributed by atoms with Gasteiger partial charge in [-0.1, -0.05) is 32.8 Å². The fraction of sp³-hybridized carbons (Fsp3) is 0.667. The van der Waals surface area contributed by atoms with Crippen LogP contribution in [0.5, 0.6) is 11.5 Å². The van der Waals surface area contributed by atoms with Crippen molar-refractivity contribution < 1.29 is 14.6 Å². The summed E-state index contributed by atoms with van der Waals surface area (Å²) in [5.74, 6) is 3.15. The summed E-state index contributed by atoms with van der Waals surface area (Å²) in [5.41, 5.74) is 0.964. The highest BCUT2D eigenvalue weighted by Crippen LogP contribution is 2.39. The maximum atomic E-state index is 10.7. The zero-order chi connectivity index (χ0) is 14.8. The minimum atomic E-state index is -0.382. The minimum absolute atomic E-state index is 0.380. The van der Waals surface area contributed by atoms with Gasteiger partial charge < -0.3 is 14.6 Å². The second kappa shape index (κ2) is 6.27. The number of ether oxygens (including phenoxy) is 2. The summed E-state index contributed by atoms with van der Waals surface area (Å²) in [6.45, 7) is 5.78. The van der Waals surface area contributed by atoms with Crippen molar-refractivity contribution in [2.45, 2.75) is 45.6 Å². The molecule has 0 radical (unpaired) electrons. The largest absolute Gasteiger partial charge is 0.489 e. The van der Waals surface area contributed by atoms with Crippen LogP contribution in [0, 0.1) is 17.8 Å². The van der Waals surface area contributed by atoms with E-state index < -0.39 is 0 Å². The average Bonchev–Trinajstić information content (AvgIpc) is 2.69. The van der Waals surface area contributed by atoms with Gasteiger partial charge in [0.05, 0.1) is 19.3 Å². The van der Waals surface area contributed by atoms with E-state index in [0.717, 1.165) is 35.8 Å². The first-order valence-electron chi connectivity index (χ1n) is 8.21. The summed E-state index contributed by atoms with van der Waals surface area (Å²) >= 11 is 0. The number of fused-ring (bicyclic) bond motifs is 1. The molecule has 3 nitrogen and oxygen atoms in total. The van der Waals surface area contributed by atoms with Gasteiger partial charge in [-0.3, -0.25) is 0 Å². The third kappa shape index (κ3) is 3.34. The summed E-state index contributed by atoms with van der Waals surface area (Å²) in [4.78, 5) is 0. The molecule has 1 saturated carbocycles. The van der Waals surface area contributed by atoms with Crippen molar-refractivity contribution in [3.63, 3.8) is 0 Å². The molecule has 1 aliphatic carbocycles. The Balaban J connectivity index is 1.74. The van der Waals surface area contributed by atoms with Crippen molar-refractivity contribution in [2.75, 3.05) is 13.2 Å². The SMILES string of the molecule is CC1CCC(C(O)c2ccc3c(c2)OCC(C)CO3)CC1. The van der Waals surface area contributed by atoms with Crippen LogP contribution >= 0.6 is 0 Å². The van der Waals surface area contributed by atoms with E-state index in [9.17, 15) is 5.11 Å². The van der Waals surface area contributed by atoms with Crippen LogP contribution in [-0.2, 0) is 0 Å². The van der Waals surface area contributed by atoms with Crippen LogP contribution in [0.3, 0.4) is 0 Å². The Bertz CT molecular complexity index is 477. The molecule has 0 bridgehead atoms. The van der Waals surface area contributed by atoms with Crippen molar-refractivity contribution >= 4 is 0 Å². The van der Waals surface area contributed by atoms with Crippen molar-refractivity contribution in [3.05, 3.63) is 23.8 Å². The molecule has 1 aromatic carbocycles. The lowest BCUT2D eigenvalue weighted by Crippen LogP contribution is -2.19. The molecule has 116 valence electrons. The van der Waals surface area contributed by atoms with E-state index >= 15 is 0 Å². The van der Waals surface area contributed by atoms with Crippen LogP contribution in [0.15, 0.2) is 18.2 Å². The van der Waals surface area contributed by atoms with Crippen molar-refractivity contribution in [3.8, 4) is 11.5 Å².